The minimum absolute atomic E-state index is 0.184. The number of amides is 1. The number of nitrogens with zero attached hydrogens (tertiary/aromatic N) is 4. The Morgan fingerprint density at radius 2 is 2.28 bits per heavy atom. The lowest BCUT2D eigenvalue weighted by atomic mass is 10.3. The molecule has 5 heteroatoms. The van der Waals surface area contributed by atoms with Gasteiger partial charge in [0.25, 0.3) is 0 Å². The van der Waals surface area contributed by atoms with Crippen LogP contribution in [-0.2, 0) is 4.79 Å². The Morgan fingerprint density at radius 1 is 1.39 bits per heavy atom. The molecule has 0 saturated carbocycles. The Balaban J connectivity index is 1.99. The highest BCUT2D eigenvalue weighted by atomic mass is 16.2. The van der Waals surface area contributed by atoms with Crippen LogP contribution in [0.1, 0.15) is 18.5 Å². The van der Waals surface area contributed by atoms with Gasteiger partial charge in [0.1, 0.15) is 0 Å². The number of hydrogen-bond donors (Lipinski definition) is 0. The molecule has 0 atom stereocenters. The van der Waals surface area contributed by atoms with Crippen molar-refractivity contribution in [2.75, 3.05) is 11.4 Å². The van der Waals surface area contributed by atoms with E-state index in [0.29, 0.717) is 6.42 Å². The summed E-state index contributed by atoms with van der Waals surface area (Å²) in [5.74, 6) is 0.184. The van der Waals surface area contributed by atoms with Gasteiger partial charge in [-0.1, -0.05) is 0 Å². The van der Waals surface area contributed by atoms with Crippen molar-refractivity contribution < 1.29 is 4.79 Å². The van der Waals surface area contributed by atoms with Crippen LogP contribution in [0.2, 0.25) is 0 Å². The number of pyridine rings is 1. The summed E-state index contributed by atoms with van der Waals surface area (Å²) in [4.78, 5) is 17.6. The molecule has 18 heavy (non-hydrogen) atoms. The highest BCUT2D eigenvalue weighted by molar-refractivity contribution is 5.95. The quantitative estimate of drug-likeness (QED) is 0.805. The number of aromatic nitrogens is 3. The third-order valence-electron chi connectivity index (χ3n) is 3.15. The lowest BCUT2D eigenvalue weighted by Crippen LogP contribution is -2.23. The molecule has 2 aromatic heterocycles. The summed E-state index contributed by atoms with van der Waals surface area (Å²) >= 11 is 0. The third kappa shape index (κ3) is 1.77. The molecule has 0 spiro atoms. The molecular weight excluding hydrogens is 228 g/mol. The zero-order valence-electron chi connectivity index (χ0n) is 10.2. The van der Waals surface area contributed by atoms with Gasteiger partial charge in [-0.25, -0.2) is 4.68 Å². The average molecular weight is 242 g/mol. The molecule has 92 valence electrons. The maximum absolute atomic E-state index is 11.7. The first kappa shape index (κ1) is 11.0. The molecule has 0 aliphatic carbocycles. The van der Waals surface area contributed by atoms with Crippen LogP contribution in [0.5, 0.6) is 0 Å². The van der Waals surface area contributed by atoms with Crippen molar-refractivity contribution in [3.63, 3.8) is 0 Å². The third-order valence-corrected chi connectivity index (χ3v) is 3.15. The fourth-order valence-electron chi connectivity index (χ4n) is 2.24. The van der Waals surface area contributed by atoms with Gasteiger partial charge in [0.05, 0.1) is 29.5 Å². The topological polar surface area (TPSA) is 51.0 Å². The van der Waals surface area contributed by atoms with Crippen molar-refractivity contribution in [3.8, 4) is 5.69 Å². The zero-order chi connectivity index (χ0) is 12.5. The van der Waals surface area contributed by atoms with E-state index in [1.807, 2.05) is 30.2 Å². The van der Waals surface area contributed by atoms with Gasteiger partial charge in [0, 0.05) is 19.2 Å². The molecule has 0 aromatic carbocycles. The van der Waals surface area contributed by atoms with Crippen molar-refractivity contribution in [1.29, 1.82) is 0 Å². The lowest BCUT2D eigenvalue weighted by Gasteiger charge is -2.13. The van der Waals surface area contributed by atoms with Crippen molar-refractivity contribution >= 4 is 11.6 Å². The van der Waals surface area contributed by atoms with E-state index >= 15 is 0 Å². The van der Waals surface area contributed by atoms with Crippen LogP contribution in [0.25, 0.3) is 5.69 Å². The Bertz CT molecular complexity index is 576. The van der Waals surface area contributed by atoms with Crippen LogP contribution in [0.15, 0.2) is 30.7 Å². The molecule has 3 rings (SSSR count). The minimum Gasteiger partial charge on any atom is -0.309 e. The molecule has 5 nitrogen and oxygen atoms in total. The summed E-state index contributed by atoms with van der Waals surface area (Å²) in [6.45, 7) is 2.71. The molecule has 3 heterocycles. The highest BCUT2D eigenvalue weighted by Gasteiger charge is 2.24. The Morgan fingerprint density at radius 3 is 2.94 bits per heavy atom. The maximum Gasteiger partial charge on any atom is 0.227 e. The number of hydrogen-bond acceptors (Lipinski definition) is 3. The number of rotatable bonds is 2. The average Bonchev–Trinajstić information content (AvgIpc) is 2.96. The molecule has 0 N–H and O–H groups in total. The van der Waals surface area contributed by atoms with E-state index in [1.165, 1.54) is 0 Å². The van der Waals surface area contributed by atoms with Crippen LogP contribution in [-0.4, -0.2) is 27.2 Å². The first-order chi connectivity index (χ1) is 8.75. The van der Waals surface area contributed by atoms with Gasteiger partial charge in [-0.2, -0.15) is 5.10 Å². The molecular formula is C13H14N4O. The molecule has 0 unspecified atom stereocenters. The summed E-state index contributed by atoms with van der Waals surface area (Å²) < 4.78 is 1.77. The highest BCUT2D eigenvalue weighted by Crippen LogP contribution is 2.25. The number of anilines is 1. The molecule has 1 fully saturated rings. The first-order valence-electron chi connectivity index (χ1n) is 6.03. The first-order valence-corrected chi connectivity index (χ1v) is 6.03. The normalized spacial score (nSPS) is 15.4. The van der Waals surface area contributed by atoms with E-state index in [1.54, 1.807) is 17.1 Å². The van der Waals surface area contributed by atoms with Gasteiger partial charge in [-0.15, -0.1) is 0 Å². The van der Waals surface area contributed by atoms with E-state index in [4.69, 9.17) is 0 Å². The van der Waals surface area contributed by atoms with Gasteiger partial charge >= 0.3 is 0 Å². The van der Waals surface area contributed by atoms with E-state index in [0.717, 1.165) is 30.0 Å². The summed E-state index contributed by atoms with van der Waals surface area (Å²) in [6.07, 6.45) is 6.94. The molecule has 1 saturated heterocycles. The molecule has 0 bridgehead atoms. The van der Waals surface area contributed by atoms with Crippen molar-refractivity contribution in [2.45, 2.75) is 19.8 Å². The summed E-state index contributed by atoms with van der Waals surface area (Å²) in [7, 11) is 0. The summed E-state index contributed by atoms with van der Waals surface area (Å²) in [5.41, 5.74) is 2.67. The molecule has 2 aromatic rings. The van der Waals surface area contributed by atoms with Crippen LogP contribution in [0.4, 0.5) is 5.69 Å². The number of carbonyl (C=O) groups is 1. The van der Waals surface area contributed by atoms with Crippen molar-refractivity contribution in [3.05, 3.63) is 36.4 Å². The lowest BCUT2D eigenvalue weighted by molar-refractivity contribution is -0.117. The second-order valence-electron chi connectivity index (χ2n) is 4.40. The molecule has 1 amide bonds. The Labute approximate surface area is 105 Å². The van der Waals surface area contributed by atoms with E-state index < -0.39 is 0 Å². The van der Waals surface area contributed by atoms with E-state index in [-0.39, 0.29) is 5.91 Å². The van der Waals surface area contributed by atoms with E-state index in [9.17, 15) is 4.79 Å². The van der Waals surface area contributed by atoms with Crippen LogP contribution >= 0.6 is 0 Å². The Kier molecular flexibility index (Phi) is 2.59. The van der Waals surface area contributed by atoms with Crippen molar-refractivity contribution in [2.24, 2.45) is 0 Å². The molecule has 0 radical (unpaired) electrons. The standard InChI is InChI=1S/C13H14N4O/c1-10-12(16-7-3-5-13(16)18)9-17(15-10)11-4-2-6-14-8-11/h2,4,6,8-9H,3,5,7H2,1H3. The van der Waals surface area contributed by atoms with Gasteiger partial charge in [0.2, 0.25) is 5.91 Å². The zero-order valence-corrected chi connectivity index (χ0v) is 10.2. The van der Waals surface area contributed by atoms with Crippen LogP contribution < -0.4 is 4.90 Å². The SMILES string of the molecule is Cc1nn(-c2cccnc2)cc1N1CCCC1=O. The summed E-state index contributed by atoms with van der Waals surface area (Å²) in [6, 6.07) is 3.81. The molecule has 1 aliphatic rings. The van der Waals surface area contributed by atoms with Crippen LogP contribution in [0.3, 0.4) is 0 Å². The number of aryl methyl sites for hydroxylation is 1. The van der Waals surface area contributed by atoms with Crippen molar-refractivity contribution in [1.82, 2.24) is 14.8 Å². The largest absolute Gasteiger partial charge is 0.309 e. The smallest absolute Gasteiger partial charge is 0.227 e. The minimum atomic E-state index is 0.184. The maximum atomic E-state index is 11.7. The van der Waals surface area contributed by atoms with Gasteiger partial charge in [-0.3, -0.25) is 9.78 Å². The van der Waals surface area contributed by atoms with Gasteiger partial charge in [0.15, 0.2) is 0 Å². The van der Waals surface area contributed by atoms with Gasteiger partial charge < -0.3 is 4.90 Å². The predicted octanol–water partition coefficient (Wildman–Crippen LogP) is 1.70. The second-order valence-corrected chi connectivity index (χ2v) is 4.40. The molecule has 1 aliphatic heterocycles. The Hall–Kier alpha value is -2.17. The fraction of sp³-hybridized carbons (Fsp3) is 0.308. The summed E-state index contributed by atoms with van der Waals surface area (Å²) in [5, 5.41) is 4.44. The fourth-order valence-corrected chi connectivity index (χ4v) is 2.24. The second kappa shape index (κ2) is 4.25. The van der Waals surface area contributed by atoms with Gasteiger partial charge in [-0.05, 0) is 25.5 Å². The van der Waals surface area contributed by atoms with Crippen LogP contribution in [0, 0.1) is 6.92 Å². The number of carbonyl (C=O) groups excluding carboxylic acids is 1. The monoisotopic (exact) mass is 242 g/mol. The van der Waals surface area contributed by atoms with E-state index in [2.05, 4.69) is 10.1 Å². The predicted molar refractivity (Wildman–Crippen MR) is 67.7 cm³/mol.